The fraction of sp³-hybridized carbons (Fsp3) is 0.211. The van der Waals surface area contributed by atoms with Gasteiger partial charge in [-0.1, -0.05) is 36.4 Å². The molecule has 0 saturated heterocycles. The predicted molar refractivity (Wildman–Crippen MR) is 91.1 cm³/mol. The van der Waals surface area contributed by atoms with Crippen LogP contribution in [0.1, 0.15) is 18.3 Å². The number of hydrogen-bond acceptors (Lipinski definition) is 3. The predicted octanol–water partition coefficient (Wildman–Crippen LogP) is 1.92. The first-order chi connectivity index (χ1) is 11.3. The molecule has 0 bridgehead atoms. The summed E-state index contributed by atoms with van der Waals surface area (Å²) in [5.41, 5.74) is 2.20. The van der Waals surface area contributed by atoms with Gasteiger partial charge in [0.15, 0.2) is 6.17 Å². The number of H-pyrrole nitrogens is 1. The summed E-state index contributed by atoms with van der Waals surface area (Å²) in [6, 6.07) is 18.6. The maximum atomic E-state index is 9.18. The molecule has 1 aliphatic rings. The molecular formula is C19H19N3O. The van der Waals surface area contributed by atoms with E-state index in [1.165, 1.54) is 5.39 Å². The minimum atomic E-state index is -0.0798. The number of fused-ring (bicyclic) bond motifs is 2. The Kier molecular flexibility index (Phi) is 3.60. The summed E-state index contributed by atoms with van der Waals surface area (Å²) in [7, 11) is 0. The van der Waals surface area contributed by atoms with E-state index in [4.69, 9.17) is 4.99 Å². The molecule has 0 spiro atoms. The molecule has 2 heterocycles. The van der Waals surface area contributed by atoms with Crippen molar-refractivity contribution in [2.75, 3.05) is 13.2 Å². The third kappa shape index (κ3) is 2.62. The number of aliphatic hydroxyl groups is 1. The number of aliphatic hydroxyl groups excluding tert-OH is 1. The van der Waals surface area contributed by atoms with E-state index in [2.05, 4.69) is 40.3 Å². The topological polar surface area (TPSA) is 51.6 Å². The maximum Gasteiger partial charge on any atom is 0.162 e. The molecule has 0 saturated carbocycles. The molecule has 1 unspecified atom stereocenters. The van der Waals surface area contributed by atoms with Gasteiger partial charge in [-0.2, -0.15) is 0 Å². The smallest absolute Gasteiger partial charge is 0.162 e. The highest BCUT2D eigenvalue weighted by Gasteiger charge is 2.21. The molecule has 0 fully saturated rings. The molecule has 0 radical (unpaired) electrons. The lowest BCUT2D eigenvalue weighted by atomic mass is 10.2. The van der Waals surface area contributed by atoms with E-state index in [1.54, 1.807) is 0 Å². The monoisotopic (exact) mass is 305 g/mol. The molecule has 2 N–H and O–H groups in total. The quantitative estimate of drug-likeness (QED) is 0.774. The van der Waals surface area contributed by atoms with E-state index in [0.29, 0.717) is 0 Å². The van der Waals surface area contributed by atoms with E-state index in [9.17, 15) is 5.11 Å². The number of nitrogens with zero attached hydrogens (tertiary/aromatic N) is 2. The Morgan fingerprint density at radius 2 is 1.91 bits per heavy atom. The first-order valence-corrected chi connectivity index (χ1v) is 7.94. The molecule has 0 amide bonds. The molecule has 23 heavy (non-hydrogen) atoms. The summed E-state index contributed by atoms with van der Waals surface area (Å²) in [5.74, 6) is 0. The second-order valence-electron chi connectivity index (χ2n) is 5.82. The second kappa shape index (κ2) is 5.89. The molecule has 4 nitrogen and oxygen atoms in total. The van der Waals surface area contributed by atoms with Crippen LogP contribution in [0, 0.1) is 0 Å². The van der Waals surface area contributed by atoms with E-state index in [0.717, 1.165) is 34.8 Å². The fourth-order valence-corrected chi connectivity index (χ4v) is 3.09. The lowest BCUT2D eigenvalue weighted by molar-refractivity contribution is 0.239. The number of para-hydroxylation sites is 2. The average Bonchev–Trinajstić information content (AvgIpc) is 3.03. The van der Waals surface area contributed by atoms with Gasteiger partial charge >= 0.3 is 0 Å². The van der Waals surface area contributed by atoms with Crippen LogP contribution in [-0.4, -0.2) is 28.1 Å². The van der Waals surface area contributed by atoms with Gasteiger partial charge in [-0.3, -0.25) is 4.99 Å². The zero-order valence-corrected chi connectivity index (χ0v) is 12.8. The van der Waals surface area contributed by atoms with Crippen molar-refractivity contribution in [3.8, 4) is 0 Å². The largest absolute Gasteiger partial charge is 0.396 e. The van der Waals surface area contributed by atoms with Gasteiger partial charge in [0.25, 0.3) is 0 Å². The van der Waals surface area contributed by atoms with Crippen LogP contribution in [0.25, 0.3) is 17.1 Å². The SMILES string of the molecule is OCCCN1C=c2ccccc2=NC1c1cc2ccccc2[nH]1. The van der Waals surface area contributed by atoms with E-state index in [-0.39, 0.29) is 12.8 Å². The van der Waals surface area contributed by atoms with Crippen LogP contribution in [0.3, 0.4) is 0 Å². The van der Waals surface area contributed by atoms with Gasteiger partial charge in [-0.05, 0) is 30.0 Å². The van der Waals surface area contributed by atoms with Crippen molar-refractivity contribution in [3.05, 3.63) is 70.9 Å². The van der Waals surface area contributed by atoms with Gasteiger partial charge in [-0.15, -0.1) is 0 Å². The summed E-state index contributed by atoms with van der Waals surface area (Å²) in [4.78, 5) is 10.6. The molecule has 0 aliphatic carbocycles. The molecular weight excluding hydrogens is 286 g/mol. The zero-order chi connectivity index (χ0) is 15.6. The van der Waals surface area contributed by atoms with Crippen LogP contribution in [0.5, 0.6) is 0 Å². The van der Waals surface area contributed by atoms with Gasteiger partial charge in [0.2, 0.25) is 0 Å². The number of benzene rings is 2. The Balaban J connectivity index is 1.81. The van der Waals surface area contributed by atoms with Crippen LogP contribution in [-0.2, 0) is 0 Å². The van der Waals surface area contributed by atoms with Crippen LogP contribution < -0.4 is 10.6 Å². The van der Waals surface area contributed by atoms with Gasteiger partial charge in [0, 0.05) is 30.1 Å². The minimum absolute atomic E-state index is 0.0798. The summed E-state index contributed by atoms with van der Waals surface area (Å²) in [6.45, 7) is 0.958. The average molecular weight is 305 g/mol. The van der Waals surface area contributed by atoms with E-state index < -0.39 is 0 Å². The zero-order valence-electron chi connectivity index (χ0n) is 12.8. The number of nitrogens with one attached hydrogen (secondary N) is 1. The van der Waals surface area contributed by atoms with Crippen LogP contribution in [0.15, 0.2) is 59.6 Å². The van der Waals surface area contributed by atoms with Crippen molar-refractivity contribution in [2.45, 2.75) is 12.6 Å². The Bertz CT molecular complexity index is 911. The number of aromatic amines is 1. The molecule has 2 aromatic carbocycles. The van der Waals surface area contributed by atoms with E-state index >= 15 is 0 Å². The van der Waals surface area contributed by atoms with Crippen molar-refractivity contribution in [1.82, 2.24) is 9.88 Å². The summed E-state index contributed by atoms with van der Waals surface area (Å²) in [6.07, 6.45) is 2.79. The van der Waals surface area contributed by atoms with Crippen molar-refractivity contribution < 1.29 is 5.11 Å². The normalized spacial score (nSPS) is 16.7. The van der Waals surface area contributed by atoms with Crippen LogP contribution in [0.2, 0.25) is 0 Å². The standard InChI is InChI=1S/C19H19N3O/c23-11-5-10-22-13-15-7-2-4-9-17(15)21-19(22)18-12-14-6-1-3-8-16(14)20-18/h1-4,6-9,12-13,19-20,23H,5,10-11H2. The lowest BCUT2D eigenvalue weighted by Gasteiger charge is -2.29. The van der Waals surface area contributed by atoms with Gasteiger partial charge in [0.1, 0.15) is 0 Å². The highest BCUT2D eigenvalue weighted by Crippen LogP contribution is 2.26. The molecule has 3 aromatic rings. The summed E-state index contributed by atoms with van der Waals surface area (Å²) in [5, 5.41) is 12.5. The Hall–Kier alpha value is -2.59. The fourth-order valence-electron chi connectivity index (χ4n) is 3.09. The summed E-state index contributed by atoms with van der Waals surface area (Å²) < 4.78 is 0. The third-order valence-electron chi connectivity index (χ3n) is 4.22. The number of aromatic nitrogens is 1. The first kappa shape index (κ1) is 14.0. The molecule has 4 heteroatoms. The molecule has 1 aromatic heterocycles. The first-order valence-electron chi connectivity index (χ1n) is 7.94. The number of hydrogen-bond donors (Lipinski definition) is 2. The van der Waals surface area contributed by atoms with Crippen molar-refractivity contribution >= 4 is 17.1 Å². The molecule has 1 aliphatic heterocycles. The van der Waals surface area contributed by atoms with Crippen molar-refractivity contribution in [2.24, 2.45) is 4.99 Å². The number of rotatable bonds is 4. The van der Waals surface area contributed by atoms with E-state index in [1.807, 2.05) is 30.3 Å². The van der Waals surface area contributed by atoms with Gasteiger partial charge in [-0.25, -0.2) is 0 Å². The van der Waals surface area contributed by atoms with Crippen molar-refractivity contribution in [1.29, 1.82) is 0 Å². The van der Waals surface area contributed by atoms with Crippen LogP contribution in [0.4, 0.5) is 0 Å². The Morgan fingerprint density at radius 1 is 1.09 bits per heavy atom. The maximum absolute atomic E-state index is 9.18. The lowest BCUT2D eigenvalue weighted by Crippen LogP contribution is -2.38. The minimum Gasteiger partial charge on any atom is -0.396 e. The highest BCUT2D eigenvalue weighted by molar-refractivity contribution is 5.80. The molecule has 116 valence electrons. The Morgan fingerprint density at radius 3 is 2.78 bits per heavy atom. The molecule has 1 atom stereocenters. The van der Waals surface area contributed by atoms with Crippen LogP contribution >= 0.6 is 0 Å². The second-order valence-corrected chi connectivity index (χ2v) is 5.82. The van der Waals surface area contributed by atoms with Gasteiger partial charge < -0.3 is 15.0 Å². The van der Waals surface area contributed by atoms with Crippen molar-refractivity contribution in [3.63, 3.8) is 0 Å². The highest BCUT2D eigenvalue weighted by atomic mass is 16.3. The summed E-state index contributed by atoms with van der Waals surface area (Å²) >= 11 is 0. The Labute approximate surface area is 134 Å². The third-order valence-corrected chi connectivity index (χ3v) is 4.22. The molecule has 4 rings (SSSR count). The van der Waals surface area contributed by atoms with Gasteiger partial charge in [0.05, 0.1) is 11.1 Å².